The van der Waals surface area contributed by atoms with Crippen molar-refractivity contribution in [1.29, 1.82) is 0 Å². The molecule has 9 heteroatoms. The number of carbonyl (C=O) groups is 4. The van der Waals surface area contributed by atoms with Gasteiger partial charge in [0.05, 0.1) is 13.2 Å². The van der Waals surface area contributed by atoms with Crippen molar-refractivity contribution in [2.75, 3.05) is 13.2 Å². The average molecular weight is 771 g/mol. The molecule has 0 heterocycles. The maximum atomic E-state index is 12.8. The Morgan fingerprint density at radius 3 is 1.53 bits per heavy atom. The Balaban J connectivity index is 4.38. The van der Waals surface area contributed by atoms with Gasteiger partial charge in [0.2, 0.25) is 11.8 Å². The van der Waals surface area contributed by atoms with E-state index in [2.05, 4.69) is 85.2 Å². The van der Waals surface area contributed by atoms with Crippen molar-refractivity contribution in [2.45, 2.75) is 193 Å². The van der Waals surface area contributed by atoms with E-state index in [0.717, 1.165) is 89.9 Å². The largest absolute Gasteiger partial charge is 0.480 e. The molecule has 0 rings (SSSR count). The quantitative estimate of drug-likeness (QED) is 0.0278. The van der Waals surface area contributed by atoms with Crippen LogP contribution in [0, 0.1) is 0 Å². The third-order valence-corrected chi connectivity index (χ3v) is 9.28. The lowest BCUT2D eigenvalue weighted by molar-refractivity contribution is -0.150. The molecule has 2 unspecified atom stereocenters. The van der Waals surface area contributed by atoms with Crippen molar-refractivity contribution in [3.63, 3.8) is 0 Å². The van der Waals surface area contributed by atoms with Crippen LogP contribution in [0.3, 0.4) is 0 Å². The molecular formula is C46H78N2O7. The number of aliphatic carboxylic acids is 1. The van der Waals surface area contributed by atoms with Gasteiger partial charge in [0.1, 0.15) is 12.1 Å². The fraction of sp³-hybridized carbons (Fsp3) is 0.696. The van der Waals surface area contributed by atoms with Crippen LogP contribution in [0.2, 0.25) is 0 Å². The van der Waals surface area contributed by atoms with Gasteiger partial charge in [-0.15, -0.1) is 0 Å². The van der Waals surface area contributed by atoms with E-state index in [1.165, 1.54) is 57.8 Å². The number of carboxylic acid groups (broad SMARTS) is 1. The number of amides is 2. The van der Waals surface area contributed by atoms with Crippen molar-refractivity contribution in [3.8, 4) is 0 Å². The molecule has 0 aromatic rings. The summed E-state index contributed by atoms with van der Waals surface area (Å²) >= 11 is 0. The van der Waals surface area contributed by atoms with Gasteiger partial charge in [-0.1, -0.05) is 152 Å². The van der Waals surface area contributed by atoms with Gasteiger partial charge in [-0.05, 0) is 77.0 Å². The molecule has 0 saturated heterocycles. The van der Waals surface area contributed by atoms with Crippen molar-refractivity contribution >= 4 is 23.8 Å². The van der Waals surface area contributed by atoms with Gasteiger partial charge in [-0.3, -0.25) is 14.4 Å². The highest BCUT2D eigenvalue weighted by molar-refractivity contribution is 5.87. The average Bonchev–Trinajstić information content (AvgIpc) is 3.17. The second kappa shape index (κ2) is 40.2. The molecule has 0 aromatic heterocycles. The van der Waals surface area contributed by atoms with Crippen LogP contribution in [0.25, 0.3) is 0 Å². The van der Waals surface area contributed by atoms with Gasteiger partial charge >= 0.3 is 11.9 Å². The summed E-state index contributed by atoms with van der Waals surface area (Å²) in [6.07, 6.45) is 48.2. The van der Waals surface area contributed by atoms with Gasteiger partial charge in [-0.25, -0.2) is 4.79 Å². The summed E-state index contributed by atoms with van der Waals surface area (Å²) in [5.74, 6) is -2.36. The summed E-state index contributed by atoms with van der Waals surface area (Å²) in [7, 11) is 0. The Hall–Kier alpha value is -3.46. The number of allylic oxidation sites excluding steroid dienone is 10. The van der Waals surface area contributed by atoms with Crippen molar-refractivity contribution < 1.29 is 34.1 Å². The van der Waals surface area contributed by atoms with Crippen LogP contribution >= 0.6 is 0 Å². The highest BCUT2D eigenvalue weighted by atomic mass is 16.5. The first-order valence-corrected chi connectivity index (χ1v) is 21.7. The fourth-order valence-electron chi connectivity index (χ4n) is 5.99. The Labute approximate surface area is 334 Å². The molecule has 4 N–H and O–H groups in total. The van der Waals surface area contributed by atoms with Crippen molar-refractivity contribution in [2.24, 2.45) is 0 Å². The Bertz CT molecular complexity index is 1110. The molecule has 0 saturated carbocycles. The van der Waals surface area contributed by atoms with Crippen LogP contribution in [-0.4, -0.2) is 59.3 Å². The molecule has 0 fully saturated rings. The summed E-state index contributed by atoms with van der Waals surface area (Å²) < 4.78 is 5.99. The van der Waals surface area contributed by atoms with Crippen molar-refractivity contribution in [3.05, 3.63) is 60.8 Å². The minimum Gasteiger partial charge on any atom is -0.480 e. The monoisotopic (exact) mass is 771 g/mol. The molecule has 314 valence electrons. The van der Waals surface area contributed by atoms with E-state index in [1.807, 2.05) is 0 Å². The Morgan fingerprint density at radius 1 is 0.564 bits per heavy atom. The number of hydrogen-bond donors (Lipinski definition) is 4. The SMILES string of the molecule is CC/C=C\C/C=C\C/C=C\C/C=C\C/C=C\CCCC(=O)OC(CCCCCCCCCCCC)CCCCCCCC(=O)NCC(=O)NC(CO)C(=O)O. The number of hydrogen-bond acceptors (Lipinski definition) is 6. The van der Waals surface area contributed by atoms with Crippen LogP contribution < -0.4 is 10.6 Å². The summed E-state index contributed by atoms with van der Waals surface area (Å²) in [5.41, 5.74) is 0. The number of aliphatic hydroxyl groups excluding tert-OH is 1. The molecule has 0 radical (unpaired) electrons. The van der Waals surface area contributed by atoms with Crippen molar-refractivity contribution in [1.82, 2.24) is 10.6 Å². The lowest BCUT2D eigenvalue weighted by Gasteiger charge is -2.18. The maximum Gasteiger partial charge on any atom is 0.328 e. The zero-order chi connectivity index (χ0) is 40.5. The number of esters is 1. The second-order valence-corrected chi connectivity index (χ2v) is 14.4. The normalized spacial score (nSPS) is 13.1. The van der Waals surface area contributed by atoms with Gasteiger partial charge < -0.3 is 25.6 Å². The van der Waals surface area contributed by atoms with E-state index < -0.39 is 24.5 Å². The molecule has 9 nitrogen and oxygen atoms in total. The van der Waals surface area contributed by atoms with E-state index in [0.29, 0.717) is 12.8 Å². The van der Waals surface area contributed by atoms with E-state index >= 15 is 0 Å². The van der Waals surface area contributed by atoms with E-state index in [4.69, 9.17) is 14.9 Å². The summed E-state index contributed by atoms with van der Waals surface area (Å²) in [4.78, 5) is 47.5. The molecule has 2 amide bonds. The Kier molecular flexibility index (Phi) is 37.7. The number of nitrogens with one attached hydrogen (secondary N) is 2. The number of carboxylic acids is 1. The highest BCUT2D eigenvalue weighted by Crippen LogP contribution is 2.18. The first kappa shape index (κ1) is 51.5. The minimum atomic E-state index is -1.39. The predicted molar refractivity (Wildman–Crippen MR) is 227 cm³/mol. The first-order chi connectivity index (χ1) is 26.8. The van der Waals surface area contributed by atoms with Crippen LogP contribution in [0.5, 0.6) is 0 Å². The Morgan fingerprint density at radius 2 is 1.04 bits per heavy atom. The fourth-order valence-corrected chi connectivity index (χ4v) is 5.99. The number of rotatable bonds is 38. The van der Waals surface area contributed by atoms with Gasteiger partial charge in [0, 0.05) is 12.8 Å². The van der Waals surface area contributed by atoms with E-state index in [1.54, 1.807) is 0 Å². The zero-order valence-corrected chi connectivity index (χ0v) is 34.7. The van der Waals surface area contributed by atoms with Crippen LogP contribution in [-0.2, 0) is 23.9 Å². The number of ether oxygens (including phenoxy) is 1. The topological polar surface area (TPSA) is 142 Å². The second-order valence-electron chi connectivity index (χ2n) is 14.4. The summed E-state index contributed by atoms with van der Waals surface area (Å²) in [6, 6.07) is -1.39. The maximum absolute atomic E-state index is 12.8. The molecular weight excluding hydrogens is 693 g/mol. The first-order valence-electron chi connectivity index (χ1n) is 21.7. The van der Waals surface area contributed by atoms with E-state index in [-0.39, 0.29) is 30.9 Å². The highest BCUT2D eigenvalue weighted by Gasteiger charge is 2.19. The third-order valence-electron chi connectivity index (χ3n) is 9.28. The lowest BCUT2D eigenvalue weighted by Crippen LogP contribution is -2.47. The van der Waals surface area contributed by atoms with Gasteiger partial charge in [0.25, 0.3) is 0 Å². The molecule has 2 atom stereocenters. The lowest BCUT2D eigenvalue weighted by atomic mass is 10.0. The summed E-state index contributed by atoms with van der Waals surface area (Å²) in [5, 5.41) is 22.5. The predicted octanol–water partition coefficient (Wildman–Crippen LogP) is 10.5. The molecule has 0 aliphatic heterocycles. The number of aliphatic hydroxyl groups is 1. The van der Waals surface area contributed by atoms with Crippen LogP contribution in [0.1, 0.15) is 181 Å². The van der Waals surface area contributed by atoms with E-state index in [9.17, 15) is 19.2 Å². The molecule has 0 bridgehead atoms. The van der Waals surface area contributed by atoms with Crippen LogP contribution in [0.4, 0.5) is 0 Å². The zero-order valence-electron chi connectivity index (χ0n) is 34.7. The van der Waals surface area contributed by atoms with Gasteiger partial charge in [0.15, 0.2) is 0 Å². The smallest absolute Gasteiger partial charge is 0.328 e. The molecule has 0 aliphatic rings. The molecule has 0 spiro atoms. The molecule has 0 aliphatic carbocycles. The standard InChI is InChI=1S/C46H78N2O7/c1-3-5-7-9-11-13-15-16-17-18-19-20-21-23-25-30-34-38-45(52)55-41(35-31-27-24-22-14-12-10-8-6-4-2)36-32-28-26-29-33-37-43(50)47-39-44(51)48-42(40-49)46(53)54/h5,7,11,13,16-17,19-20,23,25,41-42,49H,3-4,6,8-10,12,14-15,18,21-22,24,26-40H2,1-2H3,(H,47,50)(H,48,51)(H,53,54)/b7-5-,13-11-,17-16-,20-19-,25-23-. The van der Waals surface area contributed by atoms with Crippen LogP contribution in [0.15, 0.2) is 60.8 Å². The number of unbranched alkanes of at least 4 members (excludes halogenated alkanes) is 14. The minimum absolute atomic E-state index is 0.0428. The summed E-state index contributed by atoms with van der Waals surface area (Å²) in [6.45, 7) is 3.35. The van der Waals surface area contributed by atoms with Gasteiger partial charge in [-0.2, -0.15) is 0 Å². The molecule has 0 aromatic carbocycles. The third kappa shape index (κ3) is 37.2. The molecule has 55 heavy (non-hydrogen) atoms. The number of carbonyl (C=O) groups excluding carboxylic acids is 3.